The molecular weight excluding hydrogens is 266 g/mol. The van der Waals surface area contributed by atoms with Crippen LogP contribution in [0.25, 0.3) is 0 Å². The van der Waals surface area contributed by atoms with Gasteiger partial charge in [0.05, 0.1) is 12.1 Å². The molecule has 5 nitrogen and oxygen atoms in total. The molecule has 3 rings (SSSR count). The van der Waals surface area contributed by atoms with Crippen molar-refractivity contribution in [1.29, 1.82) is 0 Å². The van der Waals surface area contributed by atoms with E-state index in [4.69, 9.17) is 4.52 Å². The number of carbonyl (C=O) groups is 1. The van der Waals surface area contributed by atoms with Crippen molar-refractivity contribution in [3.05, 3.63) is 40.8 Å². The second kappa shape index (κ2) is 5.60. The van der Waals surface area contributed by atoms with Crippen LogP contribution in [-0.2, 0) is 17.6 Å². The maximum atomic E-state index is 12.2. The second-order valence-corrected chi connectivity index (χ2v) is 5.43. The maximum Gasteiger partial charge on any atom is 0.228 e. The predicted molar refractivity (Wildman–Crippen MR) is 81.6 cm³/mol. The van der Waals surface area contributed by atoms with E-state index in [0.717, 1.165) is 36.3 Å². The smallest absolute Gasteiger partial charge is 0.228 e. The highest BCUT2D eigenvalue weighted by molar-refractivity contribution is 5.92. The van der Waals surface area contributed by atoms with E-state index in [0.29, 0.717) is 5.76 Å². The van der Waals surface area contributed by atoms with Crippen molar-refractivity contribution in [3.8, 4) is 0 Å². The van der Waals surface area contributed by atoms with Gasteiger partial charge in [-0.3, -0.25) is 4.79 Å². The minimum Gasteiger partial charge on any atom is -0.385 e. The van der Waals surface area contributed by atoms with Crippen molar-refractivity contribution >= 4 is 17.3 Å². The summed E-state index contributed by atoms with van der Waals surface area (Å²) < 4.78 is 5.08. The Hall–Kier alpha value is -2.30. The van der Waals surface area contributed by atoms with Gasteiger partial charge in [0.15, 0.2) is 0 Å². The molecule has 0 atom stereocenters. The molecule has 21 heavy (non-hydrogen) atoms. The quantitative estimate of drug-likeness (QED) is 0.910. The van der Waals surface area contributed by atoms with E-state index < -0.39 is 0 Å². The molecular formula is C16H19N3O2. The van der Waals surface area contributed by atoms with Gasteiger partial charge in [0.2, 0.25) is 5.91 Å². The summed E-state index contributed by atoms with van der Waals surface area (Å²) in [6.07, 6.45) is 2.47. The fourth-order valence-electron chi connectivity index (χ4n) is 2.67. The zero-order chi connectivity index (χ0) is 14.8. The summed E-state index contributed by atoms with van der Waals surface area (Å²) in [5.41, 5.74) is 4.92. The number of hydrogen-bond acceptors (Lipinski definition) is 4. The first-order chi connectivity index (χ1) is 10.1. The summed E-state index contributed by atoms with van der Waals surface area (Å²) in [6.45, 7) is 4.70. The molecule has 2 heterocycles. The third-order valence-corrected chi connectivity index (χ3v) is 3.85. The van der Waals surface area contributed by atoms with Gasteiger partial charge in [-0.15, -0.1) is 0 Å². The Morgan fingerprint density at radius 3 is 3.05 bits per heavy atom. The van der Waals surface area contributed by atoms with Crippen molar-refractivity contribution in [2.24, 2.45) is 0 Å². The minimum absolute atomic E-state index is 0.0480. The van der Waals surface area contributed by atoms with Crippen LogP contribution in [-0.4, -0.2) is 17.6 Å². The first-order valence-electron chi connectivity index (χ1n) is 7.22. The van der Waals surface area contributed by atoms with Crippen LogP contribution in [0.2, 0.25) is 0 Å². The van der Waals surface area contributed by atoms with Crippen LogP contribution in [0, 0.1) is 13.8 Å². The van der Waals surface area contributed by atoms with Crippen LogP contribution in [0.4, 0.5) is 11.4 Å². The molecule has 1 aromatic carbocycles. The van der Waals surface area contributed by atoms with Crippen LogP contribution < -0.4 is 10.6 Å². The number of nitrogens with one attached hydrogen (secondary N) is 2. The normalized spacial score (nSPS) is 13.4. The molecule has 110 valence electrons. The van der Waals surface area contributed by atoms with Crippen molar-refractivity contribution in [1.82, 2.24) is 5.16 Å². The zero-order valence-electron chi connectivity index (χ0n) is 12.3. The van der Waals surface area contributed by atoms with E-state index in [9.17, 15) is 4.79 Å². The van der Waals surface area contributed by atoms with Crippen molar-refractivity contribution in [3.63, 3.8) is 0 Å². The monoisotopic (exact) mass is 285 g/mol. The van der Waals surface area contributed by atoms with E-state index in [2.05, 4.69) is 15.8 Å². The lowest BCUT2D eigenvalue weighted by molar-refractivity contribution is -0.115. The molecule has 1 aliphatic rings. The minimum atomic E-state index is -0.0480. The number of rotatable bonds is 3. The van der Waals surface area contributed by atoms with Crippen LogP contribution in [0.1, 0.15) is 29.0 Å². The van der Waals surface area contributed by atoms with E-state index in [1.807, 2.05) is 32.0 Å². The number of anilines is 2. The van der Waals surface area contributed by atoms with Gasteiger partial charge >= 0.3 is 0 Å². The van der Waals surface area contributed by atoms with Gasteiger partial charge in [0.1, 0.15) is 5.76 Å². The van der Waals surface area contributed by atoms with Crippen LogP contribution in [0.5, 0.6) is 0 Å². The topological polar surface area (TPSA) is 67.2 Å². The lowest BCUT2D eigenvalue weighted by Crippen LogP contribution is -2.16. The molecule has 0 radical (unpaired) electrons. The van der Waals surface area contributed by atoms with Gasteiger partial charge in [-0.05, 0) is 50.5 Å². The zero-order valence-corrected chi connectivity index (χ0v) is 12.3. The predicted octanol–water partition coefficient (Wildman–Crippen LogP) is 2.83. The van der Waals surface area contributed by atoms with Gasteiger partial charge in [-0.2, -0.15) is 0 Å². The number of nitrogens with zero attached hydrogens (tertiary/aromatic N) is 1. The Labute approximate surface area is 123 Å². The third kappa shape index (κ3) is 2.91. The van der Waals surface area contributed by atoms with Crippen molar-refractivity contribution < 1.29 is 9.32 Å². The molecule has 0 fully saturated rings. The Morgan fingerprint density at radius 2 is 2.29 bits per heavy atom. The number of fused-ring (bicyclic) bond motifs is 1. The molecule has 0 aliphatic carbocycles. The van der Waals surface area contributed by atoms with Crippen LogP contribution in [0.3, 0.4) is 0 Å². The third-order valence-electron chi connectivity index (χ3n) is 3.85. The summed E-state index contributed by atoms with van der Waals surface area (Å²) in [4.78, 5) is 12.2. The summed E-state index contributed by atoms with van der Waals surface area (Å²) in [5, 5.41) is 10.2. The van der Waals surface area contributed by atoms with E-state index >= 15 is 0 Å². The van der Waals surface area contributed by atoms with Gasteiger partial charge in [-0.1, -0.05) is 5.16 Å². The molecule has 2 aromatic rings. The average Bonchev–Trinajstić information content (AvgIpc) is 2.79. The standard InChI is InChI=1S/C16H19N3O2/c1-10-14(11(2)21-19-10)9-16(20)18-13-5-6-15-12(8-13)4-3-7-17-15/h5-6,8,17H,3-4,7,9H2,1-2H3,(H,18,20). The SMILES string of the molecule is Cc1noc(C)c1CC(=O)Nc1ccc2c(c1)CCCN2. The summed E-state index contributed by atoms with van der Waals surface area (Å²) in [5.74, 6) is 0.658. The Balaban J connectivity index is 1.70. The summed E-state index contributed by atoms with van der Waals surface area (Å²) in [6, 6.07) is 6.01. The molecule has 1 amide bonds. The molecule has 0 saturated heterocycles. The molecule has 0 saturated carbocycles. The van der Waals surface area contributed by atoms with Gasteiger partial charge < -0.3 is 15.2 Å². The average molecular weight is 285 g/mol. The molecule has 0 spiro atoms. The van der Waals surface area contributed by atoms with Crippen molar-refractivity contribution in [2.75, 3.05) is 17.2 Å². The largest absolute Gasteiger partial charge is 0.385 e. The second-order valence-electron chi connectivity index (χ2n) is 5.43. The molecule has 5 heteroatoms. The number of amides is 1. The fourth-order valence-corrected chi connectivity index (χ4v) is 2.67. The highest BCUT2D eigenvalue weighted by atomic mass is 16.5. The summed E-state index contributed by atoms with van der Waals surface area (Å²) >= 11 is 0. The molecule has 1 aromatic heterocycles. The molecule has 0 unspecified atom stereocenters. The Bertz CT molecular complexity index is 657. The highest BCUT2D eigenvalue weighted by Gasteiger charge is 2.14. The van der Waals surface area contributed by atoms with E-state index in [1.54, 1.807) is 0 Å². The van der Waals surface area contributed by atoms with Crippen LogP contribution >= 0.6 is 0 Å². The Morgan fingerprint density at radius 1 is 1.43 bits per heavy atom. The number of carbonyl (C=O) groups excluding carboxylic acids is 1. The highest BCUT2D eigenvalue weighted by Crippen LogP contribution is 2.25. The van der Waals surface area contributed by atoms with Gasteiger partial charge in [0, 0.05) is 23.5 Å². The first-order valence-corrected chi connectivity index (χ1v) is 7.22. The first kappa shape index (κ1) is 13.7. The molecule has 1 aliphatic heterocycles. The van der Waals surface area contributed by atoms with E-state index in [-0.39, 0.29) is 12.3 Å². The number of hydrogen-bond donors (Lipinski definition) is 2. The molecule has 2 N–H and O–H groups in total. The van der Waals surface area contributed by atoms with Gasteiger partial charge in [-0.25, -0.2) is 0 Å². The lowest BCUT2D eigenvalue weighted by atomic mass is 10.0. The van der Waals surface area contributed by atoms with Crippen molar-refractivity contribution in [2.45, 2.75) is 33.1 Å². The van der Waals surface area contributed by atoms with Gasteiger partial charge in [0.25, 0.3) is 0 Å². The summed E-state index contributed by atoms with van der Waals surface area (Å²) in [7, 11) is 0. The van der Waals surface area contributed by atoms with Crippen LogP contribution in [0.15, 0.2) is 22.7 Å². The Kier molecular flexibility index (Phi) is 3.64. The number of benzene rings is 1. The lowest BCUT2D eigenvalue weighted by Gasteiger charge is -2.18. The molecule has 0 bridgehead atoms. The van der Waals surface area contributed by atoms with E-state index in [1.165, 1.54) is 11.3 Å². The number of aryl methyl sites for hydroxylation is 3. The maximum absolute atomic E-state index is 12.2. The fraction of sp³-hybridized carbons (Fsp3) is 0.375. The number of aromatic nitrogens is 1.